The van der Waals surface area contributed by atoms with Crippen LogP contribution in [0.25, 0.3) is 17.1 Å². The number of aromatic nitrogens is 3. The molecule has 1 aromatic heterocycles. The summed E-state index contributed by atoms with van der Waals surface area (Å²) in [6, 6.07) is 18.8. The van der Waals surface area contributed by atoms with Gasteiger partial charge in [-0.25, -0.2) is 5.43 Å². The number of carbonyl (C=O) groups excluding carboxylic acids is 1. The molecule has 11 heteroatoms. The second kappa shape index (κ2) is 11.1. The van der Waals surface area contributed by atoms with Gasteiger partial charge in [0, 0.05) is 27.9 Å². The van der Waals surface area contributed by atoms with Gasteiger partial charge < -0.3 is 14.9 Å². The number of rotatable bonds is 8. The van der Waals surface area contributed by atoms with Crippen LogP contribution < -0.4 is 10.2 Å². The maximum atomic E-state index is 12.5. The molecule has 0 unspecified atom stereocenters. The summed E-state index contributed by atoms with van der Waals surface area (Å²) in [6.07, 6.45) is 0. The second-order valence-electron chi connectivity index (χ2n) is 7.57. The molecule has 4 aromatic rings. The Balaban J connectivity index is 1.53. The van der Waals surface area contributed by atoms with Crippen molar-refractivity contribution in [2.24, 2.45) is 5.10 Å². The maximum absolute atomic E-state index is 12.5. The number of halogens is 1. The van der Waals surface area contributed by atoms with E-state index in [9.17, 15) is 15.0 Å². The number of benzene rings is 3. The van der Waals surface area contributed by atoms with Gasteiger partial charge in [-0.3, -0.25) is 9.36 Å². The van der Waals surface area contributed by atoms with Crippen molar-refractivity contribution in [3.63, 3.8) is 0 Å². The lowest BCUT2D eigenvalue weighted by atomic mass is 10.1. The van der Waals surface area contributed by atoms with Gasteiger partial charge in [-0.2, -0.15) is 5.10 Å². The zero-order valence-corrected chi connectivity index (χ0v) is 20.9. The first-order valence-electron chi connectivity index (χ1n) is 10.7. The van der Waals surface area contributed by atoms with Gasteiger partial charge in [0.1, 0.15) is 17.2 Å². The van der Waals surface area contributed by atoms with Crippen molar-refractivity contribution in [2.75, 3.05) is 12.9 Å². The third-order valence-electron chi connectivity index (χ3n) is 5.12. The van der Waals surface area contributed by atoms with E-state index >= 15 is 0 Å². The van der Waals surface area contributed by atoms with Crippen LogP contribution in [0, 0.1) is 0 Å². The molecular formula is C25H22ClN5O4S. The average molecular weight is 524 g/mol. The SMILES string of the molecule is COc1ccc(-c2nnc(SCC(=O)N/N=C(/C)c3ccc(O)cc3O)n2-c2ccc(Cl)cc2)cc1. The van der Waals surface area contributed by atoms with Crippen molar-refractivity contribution < 1.29 is 19.7 Å². The van der Waals surface area contributed by atoms with Crippen LogP contribution in [-0.2, 0) is 4.79 Å². The number of aromatic hydroxyl groups is 2. The van der Waals surface area contributed by atoms with Gasteiger partial charge in [-0.1, -0.05) is 23.4 Å². The number of hydrogen-bond donors (Lipinski definition) is 3. The van der Waals surface area contributed by atoms with Crippen molar-refractivity contribution in [1.82, 2.24) is 20.2 Å². The highest BCUT2D eigenvalue weighted by molar-refractivity contribution is 7.99. The molecule has 0 spiro atoms. The molecule has 0 bridgehead atoms. The Labute approximate surface area is 216 Å². The van der Waals surface area contributed by atoms with Crippen LogP contribution >= 0.6 is 23.4 Å². The standard InChI is InChI=1S/C25H22ClN5O4S/c1-15(21-12-9-19(32)13-22(21)33)27-28-23(34)14-36-25-30-29-24(16-3-10-20(35-2)11-4-16)31(25)18-7-5-17(26)6-8-18/h3-13,32-33H,14H2,1-2H3,(H,28,34)/b27-15-. The number of ether oxygens (including phenoxy) is 1. The summed E-state index contributed by atoms with van der Waals surface area (Å²) < 4.78 is 7.09. The summed E-state index contributed by atoms with van der Waals surface area (Å²) in [5, 5.41) is 33.2. The number of hydrogen-bond acceptors (Lipinski definition) is 8. The highest BCUT2D eigenvalue weighted by Crippen LogP contribution is 2.29. The average Bonchev–Trinajstić information content (AvgIpc) is 3.30. The molecule has 3 aromatic carbocycles. The summed E-state index contributed by atoms with van der Waals surface area (Å²) in [4.78, 5) is 12.5. The van der Waals surface area contributed by atoms with E-state index in [1.54, 1.807) is 26.2 Å². The van der Waals surface area contributed by atoms with Crippen molar-refractivity contribution in [2.45, 2.75) is 12.1 Å². The predicted octanol–water partition coefficient (Wildman–Crippen LogP) is 4.64. The number of phenols is 2. The van der Waals surface area contributed by atoms with Crippen LogP contribution in [0.15, 0.2) is 77.0 Å². The molecule has 4 rings (SSSR count). The number of carbonyl (C=O) groups is 1. The third kappa shape index (κ3) is 5.78. The molecule has 0 aliphatic carbocycles. The molecule has 0 atom stereocenters. The van der Waals surface area contributed by atoms with Gasteiger partial charge in [0.05, 0.1) is 18.6 Å². The Bertz CT molecular complexity index is 1410. The molecule has 0 radical (unpaired) electrons. The van der Waals surface area contributed by atoms with Crippen LogP contribution in [0.3, 0.4) is 0 Å². The predicted molar refractivity (Wildman–Crippen MR) is 139 cm³/mol. The van der Waals surface area contributed by atoms with E-state index in [4.69, 9.17) is 16.3 Å². The van der Waals surface area contributed by atoms with E-state index < -0.39 is 0 Å². The van der Waals surface area contributed by atoms with Crippen molar-refractivity contribution in [3.05, 3.63) is 77.3 Å². The second-order valence-corrected chi connectivity index (χ2v) is 8.95. The number of nitrogens with one attached hydrogen (secondary N) is 1. The van der Waals surface area contributed by atoms with Gasteiger partial charge in [0.2, 0.25) is 0 Å². The van der Waals surface area contributed by atoms with Gasteiger partial charge in [0.15, 0.2) is 11.0 Å². The lowest BCUT2D eigenvalue weighted by Crippen LogP contribution is -2.21. The molecular weight excluding hydrogens is 502 g/mol. The molecule has 184 valence electrons. The first-order valence-corrected chi connectivity index (χ1v) is 12.1. The number of hydrazone groups is 1. The maximum Gasteiger partial charge on any atom is 0.250 e. The fourth-order valence-electron chi connectivity index (χ4n) is 3.31. The number of phenolic OH excluding ortho intramolecular Hbond substituents is 2. The first kappa shape index (κ1) is 25.1. The highest BCUT2D eigenvalue weighted by Gasteiger charge is 2.18. The Morgan fingerprint density at radius 3 is 2.47 bits per heavy atom. The summed E-state index contributed by atoms with van der Waals surface area (Å²) in [7, 11) is 1.60. The number of nitrogens with zero attached hydrogens (tertiary/aromatic N) is 4. The van der Waals surface area contributed by atoms with Gasteiger partial charge in [0.25, 0.3) is 5.91 Å². The molecule has 0 aliphatic rings. The van der Waals surface area contributed by atoms with Crippen LogP contribution in [0.5, 0.6) is 17.2 Å². The number of methoxy groups -OCH3 is 1. The van der Waals surface area contributed by atoms with E-state index in [-0.39, 0.29) is 23.2 Å². The van der Waals surface area contributed by atoms with Gasteiger partial charge in [-0.05, 0) is 67.6 Å². The van der Waals surface area contributed by atoms with E-state index in [1.807, 2.05) is 41.0 Å². The monoisotopic (exact) mass is 523 g/mol. The van der Waals surface area contributed by atoms with Crippen LogP contribution in [0.2, 0.25) is 5.02 Å². The lowest BCUT2D eigenvalue weighted by molar-refractivity contribution is -0.118. The van der Waals surface area contributed by atoms with E-state index in [0.29, 0.717) is 27.3 Å². The van der Waals surface area contributed by atoms with Gasteiger partial charge >= 0.3 is 0 Å². The topological polar surface area (TPSA) is 122 Å². The Morgan fingerprint density at radius 2 is 1.81 bits per heavy atom. The summed E-state index contributed by atoms with van der Waals surface area (Å²) >= 11 is 7.27. The molecule has 0 saturated carbocycles. The molecule has 36 heavy (non-hydrogen) atoms. The zero-order chi connectivity index (χ0) is 25.7. The molecule has 0 saturated heterocycles. The molecule has 1 heterocycles. The minimum absolute atomic E-state index is 0.0205. The lowest BCUT2D eigenvalue weighted by Gasteiger charge is -2.11. The van der Waals surface area contributed by atoms with E-state index in [1.165, 1.54) is 30.0 Å². The highest BCUT2D eigenvalue weighted by atomic mass is 35.5. The largest absolute Gasteiger partial charge is 0.508 e. The normalized spacial score (nSPS) is 11.4. The fourth-order valence-corrected chi connectivity index (χ4v) is 4.18. The molecule has 9 nitrogen and oxygen atoms in total. The van der Waals surface area contributed by atoms with Crippen LogP contribution in [0.4, 0.5) is 0 Å². The fraction of sp³-hybridized carbons (Fsp3) is 0.120. The van der Waals surface area contributed by atoms with Crippen LogP contribution in [0.1, 0.15) is 12.5 Å². The first-order chi connectivity index (χ1) is 17.4. The van der Waals surface area contributed by atoms with Crippen molar-refractivity contribution in [1.29, 1.82) is 0 Å². The van der Waals surface area contributed by atoms with Crippen LogP contribution in [-0.4, -0.2) is 49.5 Å². The smallest absolute Gasteiger partial charge is 0.250 e. The van der Waals surface area contributed by atoms with Crippen molar-refractivity contribution in [3.8, 4) is 34.3 Å². The number of amides is 1. The molecule has 1 amide bonds. The van der Waals surface area contributed by atoms with E-state index in [0.717, 1.165) is 17.0 Å². The molecule has 0 aliphatic heterocycles. The minimum atomic E-state index is -0.366. The summed E-state index contributed by atoms with van der Waals surface area (Å²) in [5.41, 5.74) is 4.87. The Morgan fingerprint density at radius 1 is 1.08 bits per heavy atom. The minimum Gasteiger partial charge on any atom is -0.508 e. The number of thioether (sulfide) groups is 1. The Kier molecular flexibility index (Phi) is 7.77. The summed E-state index contributed by atoms with van der Waals surface area (Å²) in [6.45, 7) is 1.64. The molecule has 0 fully saturated rings. The third-order valence-corrected chi connectivity index (χ3v) is 6.30. The van der Waals surface area contributed by atoms with Crippen molar-refractivity contribution >= 4 is 35.0 Å². The quantitative estimate of drug-likeness (QED) is 0.175. The molecule has 3 N–H and O–H groups in total. The zero-order valence-electron chi connectivity index (χ0n) is 19.3. The summed E-state index contributed by atoms with van der Waals surface area (Å²) in [5.74, 6) is 0.769. The van der Waals surface area contributed by atoms with E-state index in [2.05, 4.69) is 20.7 Å². The van der Waals surface area contributed by atoms with Gasteiger partial charge in [-0.15, -0.1) is 10.2 Å². The Hall–Kier alpha value is -4.02.